The Morgan fingerprint density at radius 2 is 1.88 bits per heavy atom. The number of likely N-dealkylation sites (N-methyl/N-ethyl adjacent to an activating group) is 1. The van der Waals surface area contributed by atoms with Gasteiger partial charge in [0.1, 0.15) is 0 Å². The van der Waals surface area contributed by atoms with E-state index in [9.17, 15) is 0 Å². The van der Waals surface area contributed by atoms with Crippen LogP contribution in [-0.2, 0) is 11.3 Å². The van der Waals surface area contributed by atoms with Gasteiger partial charge in [-0.15, -0.1) is 24.0 Å². The number of guanidine groups is 1. The van der Waals surface area contributed by atoms with Gasteiger partial charge in [0.25, 0.3) is 0 Å². The number of rotatable bonds is 9. The Bertz CT molecular complexity index is 470. The molecule has 0 aliphatic rings. The van der Waals surface area contributed by atoms with E-state index in [1.165, 1.54) is 5.56 Å². The zero-order valence-corrected chi connectivity index (χ0v) is 19.0. The second kappa shape index (κ2) is 13.9. The van der Waals surface area contributed by atoms with E-state index in [2.05, 4.69) is 74.4 Å². The molecule has 0 bridgehead atoms. The van der Waals surface area contributed by atoms with E-state index in [-0.39, 0.29) is 24.0 Å². The van der Waals surface area contributed by atoms with Crippen molar-refractivity contribution in [2.45, 2.75) is 13.0 Å². The summed E-state index contributed by atoms with van der Waals surface area (Å²) < 4.78 is 6.18. The summed E-state index contributed by atoms with van der Waals surface area (Å²) in [6.07, 6.45) is 1.07. The van der Waals surface area contributed by atoms with Crippen LogP contribution in [-0.4, -0.2) is 70.3 Å². The van der Waals surface area contributed by atoms with Gasteiger partial charge in [-0.1, -0.05) is 28.1 Å². The standard InChI is InChI=1S/C17H29BrN4O.HI/c1-19-17(20-10-5-11-21(2)12-13-23-4)22(3)14-15-6-8-16(18)9-7-15;/h6-9H,5,10-14H2,1-4H3,(H,19,20);1H. The van der Waals surface area contributed by atoms with Crippen LogP contribution >= 0.6 is 39.9 Å². The average Bonchev–Trinajstić information content (AvgIpc) is 2.55. The van der Waals surface area contributed by atoms with E-state index >= 15 is 0 Å². The van der Waals surface area contributed by atoms with Gasteiger partial charge in [-0.3, -0.25) is 4.99 Å². The molecule has 0 saturated carbocycles. The van der Waals surface area contributed by atoms with Gasteiger partial charge in [0.15, 0.2) is 5.96 Å². The lowest BCUT2D eigenvalue weighted by Crippen LogP contribution is -2.39. The number of hydrogen-bond acceptors (Lipinski definition) is 3. The molecular formula is C17H30BrIN4O. The topological polar surface area (TPSA) is 40.1 Å². The first-order chi connectivity index (χ1) is 11.1. The Labute approximate surface area is 172 Å². The van der Waals surface area contributed by atoms with Crippen LogP contribution in [0.4, 0.5) is 0 Å². The summed E-state index contributed by atoms with van der Waals surface area (Å²) in [4.78, 5) is 8.77. The van der Waals surface area contributed by atoms with E-state index in [0.717, 1.165) is 49.6 Å². The van der Waals surface area contributed by atoms with Crippen molar-refractivity contribution in [2.75, 3.05) is 54.5 Å². The van der Waals surface area contributed by atoms with Crippen LogP contribution < -0.4 is 5.32 Å². The molecule has 0 radical (unpaired) electrons. The summed E-state index contributed by atoms with van der Waals surface area (Å²) in [6.45, 7) is 4.54. The smallest absolute Gasteiger partial charge is 0.193 e. The first-order valence-electron chi connectivity index (χ1n) is 7.90. The largest absolute Gasteiger partial charge is 0.383 e. The van der Waals surface area contributed by atoms with Crippen LogP contribution in [0, 0.1) is 0 Å². The van der Waals surface area contributed by atoms with Crippen molar-refractivity contribution < 1.29 is 4.74 Å². The molecule has 1 aromatic carbocycles. The molecule has 1 rings (SSSR count). The van der Waals surface area contributed by atoms with Gasteiger partial charge in [-0.25, -0.2) is 0 Å². The van der Waals surface area contributed by atoms with Crippen molar-refractivity contribution in [3.8, 4) is 0 Å². The number of ether oxygens (including phenoxy) is 1. The van der Waals surface area contributed by atoms with Crippen LogP contribution in [0.15, 0.2) is 33.7 Å². The number of hydrogen-bond donors (Lipinski definition) is 1. The lowest BCUT2D eigenvalue weighted by molar-refractivity contribution is 0.161. The minimum atomic E-state index is 0. The number of halogens is 2. The fraction of sp³-hybridized carbons (Fsp3) is 0.588. The Balaban J connectivity index is 0.00000529. The molecule has 0 fully saturated rings. The van der Waals surface area contributed by atoms with E-state index in [4.69, 9.17) is 4.74 Å². The second-order valence-electron chi connectivity index (χ2n) is 5.61. The van der Waals surface area contributed by atoms with Crippen LogP contribution in [0.3, 0.4) is 0 Å². The van der Waals surface area contributed by atoms with Crippen molar-refractivity contribution in [3.63, 3.8) is 0 Å². The molecule has 0 saturated heterocycles. The Kier molecular flexibility index (Phi) is 13.6. The quantitative estimate of drug-likeness (QED) is 0.239. The number of aliphatic imine (C=N–C) groups is 1. The van der Waals surface area contributed by atoms with E-state index < -0.39 is 0 Å². The van der Waals surface area contributed by atoms with Gasteiger partial charge in [-0.05, 0) is 37.7 Å². The van der Waals surface area contributed by atoms with Crippen molar-refractivity contribution in [2.24, 2.45) is 4.99 Å². The normalized spacial score (nSPS) is 11.3. The van der Waals surface area contributed by atoms with E-state index in [1.807, 2.05) is 7.05 Å². The number of methoxy groups -OCH3 is 1. The molecule has 7 heteroatoms. The highest BCUT2D eigenvalue weighted by Crippen LogP contribution is 2.11. The minimum Gasteiger partial charge on any atom is -0.383 e. The van der Waals surface area contributed by atoms with E-state index in [1.54, 1.807) is 7.11 Å². The highest BCUT2D eigenvalue weighted by Gasteiger charge is 2.06. The van der Waals surface area contributed by atoms with Gasteiger partial charge in [0.2, 0.25) is 0 Å². The monoisotopic (exact) mass is 512 g/mol. The highest BCUT2D eigenvalue weighted by atomic mass is 127. The first-order valence-corrected chi connectivity index (χ1v) is 8.69. The zero-order valence-electron chi connectivity index (χ0n) is 15.1. The Morgan fingerprint density at radius 3 is 2.46 bits per heavy atom. The molecule has 0 aliphatic heterocycles. The maximum Gasteiger partial charge on any atom is 0.193 e. The molecule has 5 nitrogen and oxygen atoms in total. The van der Waals surface area contributed by atoms with E-state index in [0.29, 0.717) is 0 Å². The fourth-order valence-corrected chi connectivity index (χ4v) is 2.50. The minimum absolute atomic E-state index is 0. The maximum atomic E-state index is 5.08. The Hall–Kier alpha value is -0.380. The fourth-order valence-electron chi connectivity index (χ4n) is 2.23. The molecule has 0 aliphatic carbocycles. The molecule has 0 aromatic heterocycles. The molecule has 0 atom stereocenters. The summed E-state index contributed by atoms with van der Waals surface area (Å²) in [7, 11) is 7.74. The van der Waals surface area contributed by atoms with Crippen LogP contribution in [0.25, 0.3) is 0 Å². The van der Waals surface area contributed by atoms with Crippen LogP contribution in [0.2, 0.25) is 0 Å². The number of nitrogens with zero attached hydrogens (tertiary/aromatic N) is 3. The van der Waals surface area contributed by atoms with Gasteiger partial charge < -0.3 is 19.9 Å². The summed E-state index contributed by atoms with van der Waals surface area (Å²) in [5.74, 6) is 0.924. The molecule has 1 aromatic rings. The summed E-state index contributed by atoms with van der Waals surface area (Å²) in [5.41, 5.74) is 1.26. The maximum absolute atomic E-state index is 5.08. The van der Waals surface area contributed by atoms with Gasteiger partial charge in [0, 0.05) is 45.3 Å². The molecule has 24 heavy (non-hydrogen) atoms. The number of nitrogens with one attached hydrogen (secondary N) is 1. The molecule has 138 valence electrons. The average molecular weight is 513 g/mol. The SMILES string of the molecule is CN=C(NCCCN(C)CCOC)N(C)Cc1ccc(Br)cc1.I. The second-order valence-corrected chi connectivity index (χ2v) is 6.52. The summed E-state index contributed by atoms with van der Waals surface area (Å²) in [6, 6.07) is 8.38. The van der Waals surface area contributed by atoms with Crippen molar-refractivity contribution in [1.29, 1.82) is 0 Å². The molecule has 0 amide bonds. The first kappa shape index (κ1) is 23.6. The summed E-state index contributed by atoms with van der Waals surface area (Å²) in [5, 5.41) is 3.42. The zero-order chi connectivity index (χ0) is 17.1. The van der Waals surface area contributed by atoms with Crippen LogP contribution in [0.1, 0.15) is 12.0 Å². The lowest BCUT2D eigenvalue weighted by atomic mass is 10.2. The predicted octanol–water partition coefficient (Wildman–Crippen LogP) is 3.04. The molecular weight excluding hydrogens is 483 g/mol. The third-order valence-corrected chi connectivity index (χ3v) is 4.11. The number of benzene rings is 1. The molecule has 0 heterocycles. The third kappa shape index (κ3) is 9.80. The van der Waals surface area contributed by atoms with Gasteiger partial charge >= 0.3 is 0 Å². The van der Waals surface area contributed by atoms with Crippen molar-refractivity contribution in [3.05, 3.63) is 34.3 Å². The van der Waals surface area contributed by atoms with Crippen LogP contribution in [0.5, 0.6) is 0 Å². The Morgan fingerprint density at radius 1 is 1.21 bits per heavy atom. The molecule has 1 N–H and O–H groups in total. The van der Waals surface area contributed by atoms with Gasteiger partial charge in [0.05, 0.1) is 6.61 Å². The van der Waals surface area contributed by atoms with Crippen molar-refractivity contribution in [1.82, 2.24) is 15.1 Å². The lowest BCUT2D eigenvalue weighted by Gasteiger charge is -2.23. The molecule has 0 spiro atoms. The predicted molar refractivity (Wildman–Crippen MR) is 116 cm³/mol. The van der Waals surface area contributed by atoms with Gasteiger partial charge in [-0.2, -0.15) is 0 Å². The highest BCUT2D eigenvalue weighted by molar-refractivity contribution is 14.0. The van der Waals surface area contributed by atoms with Crippen molar-refractivity contribution >= 4 is 45.9 Å². The third-order valence-electron chi connectivity index (χ3n) is 3.58. The summed E-state index contributed by atoms with van der Waals surface area (Å²) >= 11 is 3.46. The molecule has 0 unspecified atom stereocenters.